The summed E-state index contributed by atoms with van der Waals surface area (Å²) in [6.45, 7) is 0. The maximum absolute atomic E-state index is 11.3. The van der Waals surface area contributed by atoms with Crippen LogP contribution in [0.3, 0.4) is 0 Å². The molecule has 0 fully saturated rings. The molecule has 0 unspecified atom stereocenters. The van der Waals surface area contributed by atoms with E-state index in [1.54, 1.807) is 6.08 Å². The van der Waals surface area contributed by atoms with Gasteiger partial charge < -0.3 is 9.47 Å². The van der Waals surface area contributed by atoms with Crippen molar-refractivity contribution in [2.24, 2.45) is 0 Å². The van der Waals surface area contributed by atoms with Crippen LogP contribution in [0.25, 0.3) is 0 Å². The maximum Gasteiger partial charge on any atom is 0.338 e. The summed E-state index contributed by atoms with van der Waals surface area (Å²) in [5, 5.41) is 0. The molecule has 0 spiro atoms. The average molecular weight is 196 g/mol. The van der Waals surface area contributed by atoms with Gasteiger partial charge in [-0.15, -0.1) is 0 Å². The van der Waals surface area contributed by atoms with E-state index in [1.807, 2.05) is 6.08 Å². The molecule has 0 heterocycles. The minimum absolute atomic E-state index is 0.297. The molecule has 0 bridgehead atoms. The van der Waals surface area contributed by atoms with Gasteiger partial charge in [-0.2, -0.15) is 0 Å². The SMILES string of the molecule is COC(=O)C1=C(C(=O)OC)CCC=C1. The summed E-state index contributed by atoms with van der Waals surface area (Å²) < 4.78 is 9.13. The number of carbonyl (C=O) groups is 2. The van der Waals surface area contributed by atoms with Crippen LogP contribution < -0.4 is 0 Å². The molecule has 1 aliphatic carbocycles. The third kappa shape index (κ3) is 2.02. The van der Waals surface area contributed by atoms with Gasteiger partial charge in [-0.25, -0.2) is 9.59 Å². The van der Waals surface area contributed by atoms with Gasteiger partial charge in [0.05, 0.1) is 25.4 Å². The summed E-state index contributed by atoms with van der Waals surface area (Å²) in [7, 11) is 2.58. The van der Waals surface area contributed by atoms with Gasteiger partial charge in [-0.3, -0.25) is 0 Å². The first-order valence-corrected chi connectivity index (χ1v) is 4.27. The Hall–Kier alpha value is -1.58. The second-order valence-corrected chi connectivity index (χ2v) is 2.82. The van der Waals surface area contributed by atoms with Crippen molar-refractivity contribution in [1.82, 2.24) is 0 Å². The number of ether oxygens (including phenoxy) is 2. The quantitative estimate of drug-likeness (QED) is 0.618. The highest BCUT2D eigenvalue weighted by Gasteiger charge is 2.21. The molecule has 0 aromatic carbocycles. The number of esters is 2. The van der Waals surface area contributed by atoms with E-state index >= 15 is 0 Å². The molecule has 0 radical (unpaired) electrons. The van der Waals surface area contributed by atoms with Gasteiger partial charge in [-0.1, -0.05) is 12.2 Å². The molecule has 1 aliphatic rings. The van der Waals surface area contributed by atoms with Gasteiger partial charge in [-0.05, 0) is 12.8 Å². The zero-order chi connectivity index (χ0) is 10.6. The van der Waals surface area contributed by atoms with Crippen LogP contribution >= 0.6 is 0 Å². The van der Waals surface area contributed by atoms with E-state index in [-0.39, 0.29) is 0 Å². The molecular weight excluding hydrogens is 184 g/mol. The van der Waals surface area contributed by atoms with Crippen LogP contribution in [-0.4, -0.2) is 26.2 Å². The lowest BCUT2D eigenvalue weighted by Crippen LogP contribution is -2.15. The van der Waals surface area contributed by atoms with E-state index in [4.69, 9.17) is 0 Å². The molecule has 0 aromatic heterocycles. The topological polar surface area (TPSA) is 52.6 Å². The number of allylic oxidation sites excluding steroid dienone is 1. The summed E-state index contributed by atoms with van der Waals surface area (Å²) in [5.74, 6) is -0.962. The van der Waals surface area contributed by atoms with Crippen molar-refractivity contribution in [3.05, 3.63) is 23.3 Å². The molecular formula is C10H12O4. The summed E-state index contributed by atoms with van der Waals surface area (Å²) in [6.07, 6.45) is 4.69. The van der Waals surface area contributed by atoms with Crippen molar-refractivity contribution in [1.29, 1.82) is 0 Å². The predicted octanol–water partition coefficient (Wildman–Crippen LogP) is 0.979. The van der Waals surface area contributed by atoms with Crippen LogP contribution in [-0.2, 0) is 19.1 Å². The largest absolute Gasteiger partial charge is 0.466 e. The molecule has 76 valence electrons. The number of carbonyl (C=O) groups excluding carboxylic acids is 2. The third-order valence-electron chi connectivity index (χ3n) is 2.01. The Morgan fingerprint density at radius 1 is 1.21 bits per heavy atom. The average Bonchev–Trinajstić information content (AvgIpc) is 2.27. The van der Waals surface area contributed by atoms with Gasteiger partial charge in [0, 0.05) is 0 Å². The highest BCUT2D eigenvalue weighted by atomic mass is 16.5. The van der Waals surface area contributed by atoms with E-state index < -0.39 is 11.9 Å². The van der Waals surface area contributed by atoms with E-state index in [0.29, 0.717) is 17.6 Å². The summed E-state index contributed by atoms with van der Waals surface area (Å²) in [6, 6.07) is 0. The Bertz CT molecular complexity index is 312. The second-order valence-electron chi connectivity index (χ2n) is 2.82. The van der Waals surface area contributed by atoms with E-state index in [0.717, 1.165) is 6.42 Å². The monoisotopic (exact) mass is 196 g/mol. The van der Waals surface area contributed by atoms with Crippen LogP contribution in [0.15, 0.2) is 23.3 Å². The Labute approximate surface area is 82.2 Å². The van der Waals surface area contributed by atoms with Crippen molar-refractivity contribution in [3.63, 3.8) is 0 Å². The normalized spacial score (nSPS) is 15.3. The Morgan fingerprint density at radius 3 is 2.43 bits per heavy atom. The van der Waals surface area contributed by atoms with Crippen molar-refractivity contribution in [2.75, 3.05) is 14.2 Å². The van der Waals surface area contributed by atoms with E-state index in [2.05, 4.69) is 9.47 Å². The molecule has 4 nitrogen and oxygen atoms in total. The molecule has 0 N–H and O–H groups in total. The van der Waals surface area contributed by atoms with Gasteiger partial charge in [0.15, 0.2) is 0 Å². The van der Waals surface area contributed by atoms with Crippen LogP contribution in [0.2, 0.25) is 0 Å². The highest BCUT2D eigenvalue weighted by Crippen LogP contribution is 2.20. The molecule has 0 atom stereocenters. The zero-order valence-electron chi connectivity index (χ0n) is 8.20. The highest BCUT2D eigenvalue weighted by molar-refractivity contribution is 6.02. The lowest BCUT2D eigenvalue weighted by molar-refractivity contribution is -0.139. The van der Waals surface area contributed by atoms with Gasteiger partial charge in [0.25, 0.3) is 0 Å². The van der Waals surface area contributed by atoms with Crippen LogP contribution in [0, 0.1) is 0 Å². The van der Waals surface area contributed by atoms with Crippen molar-refractivity contribution in [2.45, 2.75) is 12.8 Å². The van der Waals surface area contributed by atoms with Crippen molar-refractivity contribution < 1.29 is 19.1 Å². The third-order valence-corrected chi connectivity index (χ3v) is 2.01. The number of rotatable bonds is 2. The smallest absolute Gasteiger partial charge is 0.338 e. The van der Waals surface area contributed by atoms with Crippen LogP contribution in [0.4, 0.5) is 0 Å². The standard InChI is InChI=1S/C10H12O4/c1-13-9(11)7-5-3-4-6-8(7)10(12)14-2/h3,5H,4,6H2,1-2H3. The first-order valence-electron chi connectivity index (χ1n) is 4.27. The molecule has 14 heavy (non-hydrogen) atoms. The molecule has 4 heteroatoms. The molecule has 0 amide bonds. The van der Waals surface area contributed by atoms with Crippen LogP contribution in [0.1, 0.15) is 12.8 Å². The number of methoxy groups -OCH3 is 2. The van der Waals surface area contributed by atoms with Crippen LogP contribution in [0.5, 0.6) is 0 Å². The van der Waals surface area contributed by atoms with Gasteiger partial charge in [0.1, 0.15) is 0 Å². The second kappa shape index (κ2) is 4.60. The van der Waals surface area contributed by atoms with Gasteiger partial charge in [0.2, 0.25) is 0 Å². The first-order chi connectivity index (χ1) is 6.70. The predicted molar refractivity (Wildman–Crippen MR) is 49.4 cm³/mol. The van der Waals surface area contributed by atoms with Crippen molar-refractivity contribution in [3.8, 4) is 0 Å². The number of hydrogen-bond donors (Lipinski definition) is 0. The van der Waals surface area contributed by atoms with E-state index in [9.17, 15) is 9.59 Å². The maximum atomic E-state index is 11.3. The van der Waals surface area contributed by atoms with E-state index in [1.165, 1.54) is 14.2 Å². The minimum atomic E-state index is -0.499. The fraction of sp³-hybridized carbons (Fsp3) is 0.400. The van der Waals surface area contributed by atoms with Crippen molar-refractivity contribution >= 4 is 11.9 Å². The summed E-state index contributed by atoms with van der Waals surface area (Å²) >= 11 is 0. The minimum Gasteiger partial charge on any atom is -0.466 e. The molecule has 1 rings (SSSR count). The number of hydrogen-bond acceptors (Lipinski definition) is 4. The lowest BCUT2D eigenvalue weighted by Gasteiger charge is -2.11. The fourth-order valence-corrected chi connectivity index (χ4v) is 1.30. The molecule has 0 aliphatic heterocycles. The summed E-state index contributed by atoms with van der Waals surface area (Å²) in [4.78, 5) is 22.5. The Balaban J connectivity index is 3.03. The lowest BCUT2D eigenvalue weighted by atomic mass is 9.98. The first kappa shape index (κ1) is 10.5. The fourth-order valence-electron chi connectivity index (χ4n) is 1.30. The molecule has 0 saturated carbocycles. The Kier molecular flexibility index (Phi) is 3.45. The molecule has 0 aromatic rings. The Morgan fingerprint density at radius 2 is 1.86 bits per heavy atom. The summed E-state index contributed by atoms with van der Waals surface area (Å²) in [5.41, 5.74) is 0.687. The van der Waals surface area contributed by atoms with Gasteiger partial charge >= 0.3 is 11.9 Å². The zero-order valence-corrected chi connectivity index (χ0v) is 8.20. The molecule has 0 saturated heterocycles.